The Balaban J connectivity index is 0.00000361. The Kier molecular flexibility index (Phi) is 9.46. The van der Waals surface area contributed by atoms with E-state index in [1.165, 1.54) is 24.3 Å². The molecule has 0 saturated carbocycles. The largest absolute Gasteiger partial charge is 1.00 e. The maximum absolute atomic E-state index is 13.2. The maximum atomic E-state index is 13.2. The molecule has 0 bridgehead atoms. The molecule has 1 aromatic rings. The van der Waals surface area contributed by atoms with Gasteiger partial charge in [-0.15, -0.1) is 0 Å². The van der Waals surface area contributed by atoms with Crippen molar-refractivity contribution in [2.24, 2.45) is 0 Å². The first-order valence-electron chi connectivity index (χ1n) is 6.28. The van der Waals surface area contributed by atoms with Crippen molar-refractivity contribution in [3.05, 3.63) is 29.8 Å². The van der Waals surface area contributed by atoms with E-state index in [1.807, 2.05) is 6.92 Å². The van der Waals surface area contributed by atoms with Crippen LogP contribution in [-0.2, 0) is 4.79 Å². The molecule has 0 aliphatic carbocycles. The molecule has 0 heterocycles. The van der Waals surface area contributed by atoms with Gasteiger partial charge in [-0.3, -0.25) is 4.79 Å². The Hall–Kier alpha value is -0.910. The van der Waals surface area contributed by atoms with E-state index in [9.17, 15) is 19.1 Å². The Morgan fingerprint density at radius 1 is 1.25 bits per heavy atom. The molecule has 104 valence electrons. The zero-order valence-corrected chi connectivity index (χ0v) is 13.8. The van der Waals surface area contributed by atoms with E-state index in [4.69, 9.17) is 0 Å². The van der Waals surface area contributed by atoms with Gasteiger partial charge in [-0.2, -0.15) is 0 Å². The summed E-state index contributed by atoms with van der Waals surface area (Å²) in [6.07, 6.45) is 0.595. The molecule has 0 saturated heterocycles. The second-order valence-electron chi connectivity index (χ2n) is 4.34. The minimum absolute atomic E-state index is 0. The number of hydrogen-bond acceptors (Lipinski definition) is 3. The van der Waals surface area contributed by atoms with Crippen LogP contribution in [0.3, 0.4) is 0 Å². The zero-order chi connectivity index (χ0) is 14.3. The summed E-state index contributed by atoms with van der Waals surface area (Å²) in [4.78, 5) is 22.1. The number of hydrogen-bond donors (Lipinski definition) is 1. The molecule has 0 aromatic heterocycles. The third kappa shape index (κ3) is 7.03. The second kappa shape index (κ2) is 9.91. The number of amides is 1. The number of alkyl halides is 1. The van der Waals surface area contributed by atoms with Crippen molar-refractivity contribution in [2.45, 2.75) is 38.8 Å². The van der Waals surface area contributed by atoms with Gasteiger partial charge in [0.15, 0.2) is 0 Å². The summed E-state index contributed by atoms with van der Waals surface area (Å²) in [5.74, 6) is -1.54. The summed E-state index contributed by atoms with van der Waals surface area (Å²) in [7, 11) is 0. The summed E-state index contributed by atoms with van der Waals surface area (Å²) in [6, 6.07) is 5.64. The number of anilines is 1. The monoisotopic (exact) mass is 289 g/mol. The zero-order valence-electron chi connectivity index (χ0n) is 11.8. The molecule has 1 rings (SSSR count). The van der Waals surface area contributed by atoms with E-state index in [2.05, 4.69) is 5.32 Å². The van der Waals surface area contributed by atoms with E-state index < -0.39 is 12.1 Å². The van der Waals surface area contributed by atoms with Crippen molar-refractivity contribution in [3.63, 3.8) is 0 Å². The average molecular weight is 289 g/mol. The van der Waals surface area contributed by atoms with Crippen LogP contribution in [0.5, 0.6) is 0 Å². The van der Waals surface area contributed by atoms with Gasteiger partial charge in [-0.25, -0.2) is 4.39 Å². The van der Waals surface area contributed by atoms with E-state index >= 15 is 0 Å². The van der Waals surface area contributed by atoms with Gasteiger partial charge in [0.25, 0.3) is 0 Å². The number of carboxylic acids is 1. The third-order valence-corrected chi connectivity index (χ3v) is 2.69. The molecule has 1 N–H and O–H groups in total. The number of carbonyl (C=O) groups excluding carboxylic acids is 2. The fourth-order valence-electron chi connectivity index (χ4n) is 1.66. The Morgan fingerprint density at radius 2 is 1.85 bits per heavy atom. The van der Waals surface area contributed by atoms with E-state index in [1.54, 1.807) is 0 Å². The van der Waals surface area contributed by atoms with Crippen molar-refractivity contribution < 1.29 is 48.6 Å². The van der Waals surface area contributed by atoms with Gasteiger partial charge in [0.2, 0.25) is 5.91 Å². The van der Waals surface area contributed by atoms with Crippen LogP contribution >= 0.6 is 0 Å². The SMILES string of the molecule is CCCC(F)CCC(=O)Nc1ccc(C(=O)[O-])cc1.[Na+]. The molecule has 20 heavy (non-hydrogen) atoms. The summed E-state index contributed by atoms with van der Waals surface area (Å²) >= 11 is 0. The quantitative estimate of drug-likeness (QED) is 0.649. The van der Waals surface area contributed by atoms with Gasteiger partial charge in [0, 0.05) is 12.1 Å². The first kappa shape index (κ1) is 19.1. The predicted molar refractivity (Wildman–Crippen MR) is 68.4 cm³/mol. The molecular weight excluding hydrogens is 272 g/mol. The normalized spacial score (nSPS) is 11.3. The van der Waals surface area contributed by atoms with Crippen LogP contribution in [0.4, 0.5) is 10.1 Å². The van der Waals surface area contributed by atoms with Gasteiger partial charge >= 0.3 is 29.6 Å². The molecule has 0 fully saturated rings. The number of carboxylic acid groups (broad SMARTS) is 1. The van der Waals surface area contributed by atoms with Crippen LogP contribution in [0.1, 0.15) is 43.0 Å². The maximum Gasteiger partial charge on any atom is 1.00 e. The van der Waals surface area contributed by atoms with Gasteiger partial charge in [-0.05, 0) is 30.5 Å². The predicted octanol–water partition coefficient (Wildman–Crippen LogP) is -1.09. The van der Waals surface area contributed by atoms with Crippen LogP contribution in [0, 0.1) is 0 Å². The fraction of sp³-hybridized carbons (Fsp3) is 0.429. The van der Waals surface area contributed by atoms with Crippen LogP contribution in [0.15, 0.2) is 24.3 Å². The number of nitrogens with one attached hydrogen (secondary N) is 1. The van der Waals surface area contributed by atoms with Crippen LogP contribution in [0.25, 0.3) is 0 Å². The molecule has 6 heteroatoms. The number of rotatable bonds is 7. The summed E-state index contributed by atoms with van der Waals surface area (Å²) in [5, 5.41) is 13.1. The van der Waals surface area contributed by atoms with Gasteiger partial charge < -0.3 is 15.2 Å². The average Bonchev–Trinajstić information content (AvgIpc) is 2.37. The van der Waals surface area contributed by atoms with Crippen molar-refractivity contribution in [3.8, 4) is 0 Å². The van der Waals surface area contributed by atoms with Crippen LogP contribution in [-0.4, -0.2) is 18.0 Å². The summed E-state index contributed by atoms with van der Waals surface area (Å²) < 4.78 is 13.2. The topological polar surface area (TPSA) is 69.2 Å². The van der Waals surface area contributed by atoms with Gasteiger partial charge in [0.05, 0.1) is 5.97 Å². The minimum Gasteiger partial charge on any atom is -0.545 e. The van der Waals surface area contributed by atoms with E-state index in [-0.39, 0.29) is 53.9 Å². The number of aromatic carboxylic acids is 1. The van der Waals surface area contributed by atoms with Crippen LogP contribution < -0.4 is 40.0 Å². The van der Waals surface area contributed by atoms with Crippen molar-refractivity contribution in [2.75, 3.05) is 5.32 Å². The van der Waals surface area contributed by atoms with Crippen molar-refractivity contribution >= 4 is 17.6 Å². The van der Waals surface area contributed by atoms with Gasteiger partial charge in [-0.1, -0.05) is 25.5 Å². The van der Waals surface area contributed by atoms with Crippen LogP contribution in [0.2, 0.25) is 0 Å². The smallest absolute Gasteiger partial charge is 0.545 e. The molecule has 1 amide bonds. The van der Waals surface area contributed by atoms with Crippen molar-refractivity contribution in [1.82, 2.24) is 0 Å². The third-order valence-electron chi connectivity index (χ3n) is 2.69. The minimum atomic E-state index is -1.27. The van der Waals surface area contributed by atoms with E-state index in [0.717, 1.165) is 6.42 Å². The Bertz CT molecular complexity index is 437. The molecule has 0 aliphatic rings. The number of halogens is 1. The molecule has 0 radical (unpaired) electrons. The molecule has 0 spiro atoms. The Morgan fingerprint density at radius 3 is 2.35 bits per heavy atom. The Labute approximate surface area is 140 Å². The first-order chi connectivity index (χ1) is 9.02. The standard InChI is InChI=1S/C14H18FNO3.Na/c1-2-3-11(15)6-9-13(17)16-12-7-4-10(5-8-12)14(18)19;/h4-5,7-8,11H,2-3,6,9H2,1H3,(H,16,17)(H,18,19);/q;+1/p-1. The molecule has 1 unspecified atom stereocenters. The fourth-order valence-corrected chi connectivity index (χ4v) is 1.66. The number of carbonyl (C=O) groups is 2. The summed E-state index contributed by atoms with van der Waals surface area (Å²) in [5.41, 5.74) is 0.533. The second-order valence-corrected chi connectivity index (χ2v) is 4.34. The molecule has 0 aliphatic heterocycles. The molecule has 1 aromatic carbocycles. The van der Waals surface area contributed by atoms with Crippen molar-refractivity contribution in [1.29, 1.82) is 0 Å². The van der Waals surface area contributed by atoms with Gasteiger partial charge in [0.1, 0.15) is 6.17 Å². The molecular formula is C14H17FNNaO3. The number of benzene rings is 1. The molecule has 4 nitrogen and oxygen atoms in total. The first-order valence-corrected chi connectivity index (χ1v) is 6.28. The van der Waals surface area contributed by atoms with E-state index in [0.29, 0.717) is 12.1 Å². The summed E-state index contributed by atoms with van der Waals surface area (Å²) in [6.45, 7) is 1.89. The molecule has 1 atom stereocenters.